The molecule has 0 atom stereocenters. The van der Waals surface area contributed by atoms with Crippen molar-refractivity contribution >= 4 is 11.6 Å². The van der Waals surface area contributed by atoms with Gasteiger partial charge in [0.1, 0.15) is 0 Å². The van der Waals surface area contributed by atoms with E-state index in [-0.39, 0.29) is 0 Å². The van der Waals surface area contributed by atoms with Gasteiger partial charge in [0.2, 0.25) is 0 Å². The van der Waals surface area contributed by atoms with Crippen molar-refractivity contribution in [2.45, 2.75) is 12.8 Å². The number of alkyl halides is 1. The highest BCUT2D eigenvalue weighted by Gasteiger charge is 1.96. The average Bonchev–Trinajstić information content (AvgIpc) is 2.15. The average molecular weight is 179 g/mol. The van der Waals surface area contributed by atoms with Crippen LogP contribution in [0.2, 0.25) is 0 Å². The summed E-state index contributed by atoms with van der Waals surface area (Å²) in [6.07, 6.45) is 7.30. The zero-order valence-corrected chi connectivity index (χ0v) is 7.64. The van der Waals surface area contributed by atoms with Crippen molar-refractivity contribution in [3.05, 3.63) is 35.4 Å². The molecule has 0 saturated heterocycles. The van der Waals surface area contributed by atoms with E-state index in [1.165, 1.54) is 5.56 Å². The Bertz CT molecular complexity index is 283. The van der Waals surface area contributed by atoms with E-state index < -0.39 is 0 Å². The van der Waals surface area contributed by atoms with Crippen molar-refractivity contribution in [2.24, 2.45) is 0 Å². The van der Waals surface area contributed by atoms with Gasteiger partial charge in [-0.05, 0) is 24.5 Å². The molecule has 0 bridgehead atoms. The quantitative estimate of drug-likeness (QED) is 0.493. The summed E-state index contributed by atoms with van der Waals surface area (Å²) >= 11 is 5.60. The molecule has 0 aliphatic carbocycles. The zero-order valence-electron chi connectivity index (χ0n) is 6.89. The lowest BCUT2D eigenvalue weighted by Gasteiger charge is -2.01. The van der Waals surface area contributed by atoms with Crippen molar-refractivity contribution in [3.63, 3.8) is 0 Å². The molecule has 1 aromatic carbocycles. The van der Waals surface area contributed by atoms with Crippen LogP contribution in [0.25, 0.3) is 0 Å². The van der Waals surface area contributed by atoms with Crippen LogP contribution in [0, 0.1) is 12.3 Å². The lowest BCUT2D eigenvalue weighted by molar-refractivity contribution is 0.926. The normalized spacial score (nSPS) is 9.33. The van der Waals surface area contributed by atoms with Crippen LogP contribution in [0.15, 0.2) is 24.3 Å². The van der Waals surface area contributed by atoms with E-state index in [2.05, 4.69) is 12.0 Å². The molecule has 0 fully saturated rings. The van der Waals surface area contributed by atoms with Gasteiger partial charge in [-0.15, -0.1) is 18.0 Å². The van der Waals surface area contributed by atoms with Crippen LogP contribution < -0.4 is 0 Å². The molecule has 1 rings (SSSR count). The van der Waals surface area contributed by atoms with Crippen molar-refractivity contribution in [3.8, 4) is 12.3 Å². The Balaban J connectivity index is 2.77. The van der Waals surface area contributed by atoms with Crippen LogP contribution in [-0.2, 0) is 6.42 Å². The van der Waals surface area contributed by atoms with Crippen LogP contribution in [0.4, 0.5) is 0 Å². The number of terminal acetylenes is 1. The number of hydrogen-bond donors (Lipinski definition) is 0. The Morgan fingerprint density at radius 1 is 1.33 bits per heavy atom. The highest BCUT2D eigenvalue weighted by molar-refractivity contribution is 6.17. The van der Waals surface area contributed by atoms with Gasteiger partial charge in [-0.3, -0.25) is 0 Å². The molecule has 0 unspecified atom stereocenters. The van der Waals surface area contributed by atoms with E-state index in [0.29, 0.717) is 5.88 Å². The van der Waals surface area contributed by atoms with E-state index in [0.717, 1.165) is 18.4 Å². The van der Waals surface area contributed by atoms with Gasteiger partial charge in [-0.25, -0.2) is 0 Å². The molecule has 0 aromatic heterocycles. The molecule has 0 radical (unpaired) electrons. The Morgan fingerprint density at radius 2 is 2.08 bits per heavy atom. The monoisotopic (exact) mass is 178 g/mol. The smallest absolute Gasteiger partial charge is 0.0274 e. The second kappa shape index (κ2) is 4.85. The Morgan fingerprint density at radius 3 is 2.75 bits per heavy atom. The van der Waals surface area contributed by atoms with Gasteiger partial charge in [-0.2, -0.15) is 0 Å². The fourth-order valence-electron chi connectivity index (χ4n) is 1.14. The fourth-order valence-corrected chi connectivity index (χ4v) is 1.27. The molecule has 0 amide bonds. The maximum Gasteiger partial charge on any atom is 0.0274 e. The minimum Gasteiger partial charge on any atom is -0.127 e. The van der Waals surface area contributed by atoms with Crippen LogP contribution in [0.5, 0.6) is 0 Å². The first-order valence-corrected chi connectivity index (χ1v) is 4.52. The van der Waals surface area contributed by atoms with Gasteiger partial charge >= 0.3 is 0 Å². The van der Waals surface area contributed by atoms with Gasteiger partial charge in [0, 0.05) is 11.4 Å². The van der Waals surface area contributed by atoms with Crippen LogP contribution in [-0.4, -0.2) is 5.88 Å². The molecule has 0 aliphatic heterocycles. The summed E-state index contributed by atoms with van der Waals surface area (Å²) in [6.45, 7) is 0. The molecule has 62 valence electrons. The van der Waals surface area contributed by atoms with Crippen LogP contribution in [0.1, 0.15) is 17.5 Å². The third-order valence-corrected chi connectivity index (χ3v) is 2.02. The molecule has 0 spiro atoms. The summed E-state index contributed by atoms with van der Waals surface area (Å²) in [5.74, 6) is 3.35. The van der Waals surface area contributed by atoms with E-state index in [4.69, 9.17) is 18.0 Å². The van der Waals surface area contributed by atoms with Gasteiger partial charge in [0.15, 0.2) is 0 Å². The first-order chi connectivity index (χ1) is 5.88. The SMILES string of the molecule is C#Cc1ccccc1CCCCl. The Kier molecular flexibility index (Phi) is 3.70. The fraction of sp³-hybridized carbons (Fsp3) is 0.273. The third-order valence-electron chi connectivity index (χ3n) is 1.75. The predicted octanol–water partition coefficient (Wildman–Crippen LogP) is 2.84. The van der Waals surface area contributed by atoms with Crippen molar-refractivity contribution in [1.82, 2.24) is 0 Å². The molecule has 0 heterocycles. The highest BCUT2D eigenvalue weighted by atomic mass is 35.5. The van der Waals surface area contributed by atoms with E-state index >= 15 is 0 Å². The highest BCUT2D eigenvalue weighted by Crippen LogP contribution is 2.09. The summed E-state index contributed by atoms with van der Waals surface area (Å²) in [5, 5.41) is 0. The van der Waals surface area contributed by atoms with Crippen molar-refractivity contribution in [2.75, 3.05) is 5.88 Å². The second-order valence-electron chi connectivity index (χ2n) is 2.59. The Hall–Kier alpha value is -0.930. The summed E-state index contributed by atoms with van der Waals surface area (Å²) in [4.78, 5) is 0. The van der Waals surface area contributed by atoms with E-state index in [9.17, 15) is 0 Å². The molecule has 12 heavy (non-hydrogen) atoms. The van der Waals surface area contributed by atoms with E-state index in [1.807, 2.05) is 18.2 Å². The van der Waals surface area contributed by atoms with Gasteiger partial charge < -0.3 is 0 Å². The van der Waals surface area contributed by atoms with Crippen molar-refractivity contribution in [1.29, 1.82) is 0 Å². The number of hydrogen-bond acceptors (Lipinski definition) is 0. The number of aryl methyl sites for hydroxylation is 1. The molecular weight excluding hydrogens is 168 g/mol. The molecule has 0 nitrogen and oxygen atoms in total. The largest absolute Gasteiger partial charge is 0.127 e. The lowest BCUT2D eigenvalue weighted by atomic mass is 10.0. The molecule has 0 saturated carbocycles. The number of rotatable bonds is 3. The van der Waals surface area contributed by atoms with E-state index in [1.54, 1.807) is 0 Å². The zero-order chi connectivity index (χ0) is 8.81. The summed E-state index contributed by atoms with van der Waals surface area (Å²) in [5.41, 5.74) is 2.21. The Labute approximate surface area is 78.6 Å². The summed E-state index contributed by atoms with van der Waals surface area (Å²) in [6, 6.07) is 7.98. The second-order valence-corrected chi connectivity index (χ2v) is 2.97. The lowest BCUT2D eigenvalue weighted by Crippen LogP contribution is -1.90. The summed E-state index contributed by atoms with van der Waals surface area (Å²) in [7, 11) is 0. The standard InChI is InChI=1S/C11H11Cl/c1-2-10-6-3-4-7-11(10)8-5-9-12/h1,3-4,6-7H,5,8-9H2. The first kappa shape index (κ1) is 9.16. The topological polar surface area (TPSA) is 0 Å². The predicted molar refractivity (Wildman–Crippen MR) is 53.4 cm³/mol. The molecule has 0 N–H and O–H groups in total. The number of benzene rings is 1. The van der Waals surface area contributed by atoms with Crippen LogP contribution >= 0.6 is 11.6 Å². The molecule has 1 aromatic rings. The molecule has 1 heteroatoms. The minimum atomic E-state index is 0.693. The molecular formula is C11H11Cl. The van der Waals surface area contributed by atoms with Gasteiger partial charge in [-0.1, -0.05) is 24.1 Å². The van der Waals surface area contributed by atoms with Crippen LogP contribution in [0.3, 0.4) is 0 Å². The third kappa shape index (κ3) is 2.29. The van der Waals surface area contributed by atoms with Gasteiger partial charge in [0.05, 0.1) is 0 Å². The van der Waals surface area contributed by atoms with Crippen molar-refractivity contribution < 1.29 is 0 Å². The first-order valence-electron chi connectivity index (χ1n) is 3.99. The minimum absolute atomic E-state index is 0.693. The molecule has 0 aliphatic rings. The number of halogens is 1. The maximum absolute atomic E-state index is 5.60. The maximum atomic E-state index is 5.60. The van der Waals surface area contributed by atoms with Gasteiger partial charge in [0.25, 0.3) is 0 Å². The summed E-state index contributed by atoms with van der Waals surface area (Å²) < 4.78 is 0.